The molecule has 0 unspecified atom stereocenters. The number of aromatic nitrogens is 3. The zero-order chi connectivity index (χ0) is 12.1. The van der Waals surface area contributed by atoms with Gasteiger partial charge in [0.05, 0.1) is 0 Å². The number of nitrogen functional groups attached to an aromatic ring is 1. The largest absolute Gasteiger partial charge is 0.336 e. The monoisotopic (exact) mass is 224 g/mol. The topological polar surface area (TPSA) is 56.7 Å². The highest BCUT2D eigenvalue weighted by Gasteiger charge is 2.10. The van der Waals surface area contributed by atoms with Gasteiger partial charge in [0.25, 0.3) is 0 Å². The van der Waals surface area contributed by atoms with E-state index in [1.165, 1.54) is 0 Å². The van der Waals surface area contributed by atoms with Gasteiger partial charge < -0.3 is 5.84 Å². The van der Waals surface area contributed by atoms with E-state index in [1.807, 2.05) is 0 Å². The van der Waals surface area contributed by atoms with Crippen molar-refractivity contribution in [2.75, 3.05) is 5.84 Å². The second-order valence-electron chi connectivity index (χ2n) is 5.27. The normalized spacial score (nSPS) is 11.6. The third kappa shape index (κ3) is 3.83. The van der Waals surface area contributed by atoms with E-state index < -0.39 is 0 Å². The van der Waals surface area contributed by atoms with Gasteiger partial charge in [0.15, 0.2) is 11.6 Å². The van der Waals surface area contributed by atoms with Gasteiger partial charge in [0.1, 0.15) is 0 Å². The third-order valence-corrected chi connectivity index (χ3v) is 2.73. The lowest BCUT2D eigenvalue weighted by Crippen LogP contribution is -2.17. The number of aryl methyl sites for hydroxylation is 2. The summed E-state index contributed by atoms with van der Waals surface area (Å²) in [5, 5.41) is 8.31. The van der Waals surface area contributed by atoms with Crippen molar-refractivity contribution in [3.8, 4) is 0 Å². The second-order valence-corrected chi connectivity index (χ2v) is 5.27. The fraction of sp³-hybridized carbons (Fsp3) is 0.833. The summed E-state index contributed by atoms with van der Waals surface area (Å²) in [6.07, 6.45) is 4.06. The maximum atomic E-state index is 5.97. The van der Waals surface area contributed by atoms with Gasteiger partial charge in [-0.1, -0.05) is 27.7 Å². The molecule has 0 spiro atoms. The van der Waals surface area contributed by atoms with Gasteiger partial charge in [0.2, 0.25) is 0 Å². The Balaban J connectivity index is 2.54. The molecule has 92 valence electrons. The zero-order valence-corrected chi connectivity index (χ0v) is 10.9. The van der Waals surface area contributed by atoms with Crippen LogP contribution in [-0.4, -0.2) is 14.9 Å². The van der Waals surface area contributed by atoms with Crippen molar-refractivity contribution in [2.45, 2.75) is 53.4 Å². The summed E-state index contributed by atoms with van der Waals surface area (Å²) in [4.78, 5) is 0. The highest BCUT2D eigenvalue weighted by Crippen LogP contribution is 2.09. The molecule has 0 radical (unpaired) electrons. The molecule has 0 saturated heterocycles. The standard InChI is InChI=1S/C12H24N4/c1-9(2)5-7-11-14-15-12(16(11)13)8-6-10(3)4/h9-10H,5-8,13H2,1-4H3. The fourth-order valence-electron chi connectivity index (χ4n) is 1.54. The predicted octanol–water partition coefficient (Wildman–Crippen LogP) is 2.17. The number of hydrogen-bond acceptors (Lipinski definition) is 3. The summed E-state index contributed by atoms with van der Waals surface area (Å²) in [5.41, 5.74) is 0. The van der Waals surface area contributed by atoms with Crippen LogP contribution < -0.4 is 5.84 Å². The van der Waals surface area contributed by atoms with Crippen molar-refractivity contribution in [1.82, 2.24) is 14.9 Å². The molecule has 1 rings (SSSR count). The molecule has 1 aromatic rings. The zero-order valence-electron chi connectivity index (χ0n) is 10.9. The fourth-order valence-corrected chi connectivity index (χ4v) is 1.54. The highest BCUT2D eigenvalue weighted by atomic mass is 15.4. The maximum Gasteiger partial charge on any atom is 0.151 e. The van der Waals surface area contributed by atoms with Crippen molar-refractivity contribution in [3.63, 3.8) is 0 Å². The maximum absolute atomic E-state index is 5.97. The SMILES string of the molecule is CC(C)CCc1nnc(CCC(C)C)n1N. The van der Waals surface area contributed by atoms with Crippen molar-refractivity contribution in [3.05, 3.63) is 11.6 Å². The summed E-state index contributed by atoms with van der Waals surface area (Å²) in [7, 11) is 0. The molecule has 0 saturated carbocycles. The molecule has 0 fully saturated rings. The quantitative estimate of drug-likeness (QED) is 0.753. The first-order valence-electron chi connectivity index (χ1n) is 6.19. The first-order valence-corrected chi connectivity index (χ1v) is 6.19. The molecule has 4 heteroatoms. The van der Waals surface area contributed by atoms with E-state index in [1.54, 1.807) is 4.68 Å². The van der Waals surface area contributed by atoms with Crippen LogP contribution in [0.4, 0.5) is 0 Å². The Morgan fingerprint density at radius 1 is 0.938 bits per heavy atom. The van der Waals surface area contributed by atoms with Gasteiger partial charge in [-0.3, -0.25) is 0 Å². The van der Waals surface area contributed by atoms with E-state index >= 15 is 0 Å². The van der Waals surface area contributed by atoms with E-state index in [-0.39, 0.29) is 0 Å². The van der Waals surface area contributed by atoms with Crippen LogP contribution >= 0.6 is 0 Å². The molecule has 1 heterocycles. The molecule has 2 N–H and O–H groups in total. The van der Waals surface area contributed by atoms with E-state index in [2.05, 4.69) is 37.9 Å². The molecule has 16 heavy (non-hydrogen) atoms. The van der Waals surface area contributed by atoms with Gasteiger partial charge in [-0.05, 0) is 24.7 Å². The van der Waals surface area contributed by atoms with Crippen LogP contribution in [0.3, 0.4) is 0 Å². The lowest BCUT2D eigenvalue weighted by Gasteiger charge is -2.06. The first kappa shape index (κ1) is 13.0. The number of nitrogens with two attached hydrogens (primary N) is 1. The minimum atomic E-state index is 0.677. The number of hydrogen-bond donors (Lipinski definition) is 1. The molecule has 0 atom stereocenters. The lowest BCUT2D eigenvalue weighted by atomic mass is 10.1. The summed E-state index contributed by atoms with van der Waals surface area (Å²) in [6, 6.07) is 0. The van der Waals surface area contributed by atoms with E-state index in [0.717, 1.165) is 37.3 Å². The third-order valence-electron chi connectivity index (χ3n) is 2.73. The van der Waals surface area contributed by atoms with Gasteiger partial charge >= 0.3 is 0 Å². The Labute approximate surface area is 98.2 Å². The summed E-state index contributed by atoms with van der Waals surface area (Å²) < 4.78 is 1.67. The molecular weight excluding hydrogens is 200 g/mol. The van der Waals surface area contributed by atoms with Crippen LogP contribution in [-0.2, 0) is 12.8 Å². The Bertz CT molecular complexity index is 285. The average molecular weight is 224 g/mol. The van der Waals surface area contributed by atoms with E-state index in [4.69, 9.17) is 5.84 Å². The van der Waals surface area contributed by atoms with Crippen LogP contribution in [0.1, 0.15) is 52.2 Å². The molecule has 0 aliphatic carbocycles. The van der Waals surface area contributed by atoms with Gasteiger partial charge in [-0.25, -0.2) is 4.68 Å². The Morgan fingerprint density at radius 2 is 1.31 bits per heavy atom. The molecule has 0 aliphatic rings. The molecule has 0 aliphatic heterocycles. The van der Waals surface area contributed by atoms with Gasteiger partial charge in [0, 0.05) is 12.8 Å². The molecule has 4 nitrogen and oxygen atoms in total. The molecule has 1 aromatic heterocycles. The molecule has 0 amide bonds. The number of nitrogens with zero attached hydrogens (tertiary/aromatic N) is 3. The first-order chi connectivity index (χ1) is 7.50. The van der Waals surface area contributed by atoms with Gasteiger partial charge in [-0.2, -0.15) is 0 Å². The van der Waals surface area contributed by atoms with Crippen LogP contribution in [0.5, 0.6) is 0 Å². The minimum absolute atomic E-state index is 0.677. The minimum Gasteiger partial charge on any atom is -0.336 e. The second kappa shape index (κ2) is 5.87. The number of rotatable bonds is 6. The van der Waals surface area contributed by atoms with Crippen LogP contribution in [0.15, 0.2) is 0 Å². The molecular formula is C12H24N4. The molecule has 0 bridgehead atoms. The van der Waals surface area contributed by atoms with E-state index in [0.29, 0.717) is 11.8 Å². The van der Waals surface area contributed by atoms with Gasteiger partial charge in [-0.15, -0.1) is 10.2 Å². The lowest BCUT2D eigenvalue weighted by molar-refractivity contribution is 0.557. The Hall–Kier alpha value is -1.06. The van der Waals surface area contributed by atoms with Crippen molar-refractivity contribution >= 4 is 0 Å². The van der Waals surface area contributed by atoms with Crippen molar-refractivity contribution in [2.24, 2.45) is 11.8 Å². The van der Waals surface area contributed by atoms with Crippen molar-refractivity contribution < 1.29 is 0 Å². The van der Waals surface area contributed by atoms with Crippen molar-refractivity contribution in [1.29, 1.82) is 0 Å². The average Bonchev–Trinajstić information content (AvgIpc) is 2.53. The summed E-state index contributed by atoms with van der Waals surface area (Å²) in [5.74, 6) is 9.14. The van der Waals surface area contributed by atoms with Crippen LogP contribution in [0, 0.1) is 11.8 Å². The smallest absolute Gasteiger partial charge is 0.151 e. The Kier molecular flexibility index (Phi) is 4.77. The van der Waals surface area contributed by atoms with Crippen LogP contribution in [0.2, 0.25) is 0 Å². The predicted molar refractivity (Wildman–Crippen MR) is 66.5 cm³/mol. The van der Waals surface area contributed by atoms with E-state index in [9.17, 15) is 0 Å². The van der Waals surface area contributed by atoms with Crippen LogP contribution in [0.25, 0.3) is 0 Å². The highest BCUT2D eigenvalue weighted by molar-refractivity contribution is 4.96. The molecule has 0 aromatic carbocycles. The summed E-state index contributed by atoms with van der Waals surface area (Å²) in [6.45, 7) is 8.82. The Morgan fingerprint density at radius 3 is 1.62 bits per heavy atom. The summed E-state index contributed by atoms with van der Waals surface area (Å²) >= 11 is 0.